The highest BCUT2D eigenvalue weighted by atomic mass is 35.5. The fourth-order valence-electron chi connectivity index (χ4n) is 1.03. The van der Waals surface area contributed by atoms with E-state index >= 15 is 0 Å². The van der Waals surface area contributed by atoms with Crippen LogP contribution in [-0.4, -0.2) is 5.97 Å². The molecule has 0 fully saturated rings. The van der Waals surface area contributed by atoms with Crippen molar-refractivity contribution in [3.63, 3.8) is 0 Å². The van der Waals surface area contributed by atoms with Crippen molar-refractivity contribution in [2.24, 2.45) is 0 Å². The number of nitrogens with two attached hydrogens (primary N) is 1. The van der Waals surface area contributed by atoms with Gasteiger partial charge in [-0.15, -0.1) is 0 Å². The first-order valence-electron chi connectivity index (χ1n) is 3.74. The van der Waals surface area contributed by atoms with E-state index in [4.69, 9.17) is 22.1 Å². The molecule has 0 atom stereocenters. The molecule has 0 bridgehead atoms. The number of anilines is 1. The number of hydrogen-bond donors (Lipinski definition) is 1. The topological polar surface area (TPSA) is 52.3 Å². The third kappa shape index (κ3) is 2.36. The molecular formula is C9H10ClNO2. The smallest absolute Gasteiger partial charge is 0.308 e. The summed E-state index contributed by atoms with van der Waals surface area (Å²) in [7, 11) is 0. The van der Waals surface area contributed by atoms with E-state index < -0.39 is 5.97 Å². The predicted molar refractivity (Wildman–Crippen MR) is 51.9 cm³/mol. The molecule has 2 N–H and O–H groups in total. The first-order chi connectivity index (χ1) is 6.00. The second kappa shape index (κ2) is 3.66. The number of aryl methyl sites for hydroxylation is 1. The van der Waals surface area contributed by atoms with E-state index in [1.807, 2.05) is 0 Å². The van der Waals surface area contributed by atoms with Gasteiger partial charge >= 0.3 is 5.97 Å². The molecule has 0 aliphatic rings. The van der Waals surface area contributed by atoms with Crippen LogP contribution in [0.15, 0.2) is 12.1 Å². The number of rotatable bonds is 1. The second-order valence-corrected chi connectivity index (χ2v) is 3.15. The van der Waals surface area contributed by atoms with Gasteiger partial charge < -0.3 is 10.5 Å². The molecule has 3 nitrogen and oxygen atoms in total. The minimum atomic E-state index is -0.394. The van der Waals surface area contributed by atoms with Crippen LogP contribution in [0.4, 0.5) is 5.69 Å². The number of carbonyl (C=O) groups is 1. The van der Waals surface area contributed by atoms with Crippen LogP contribution in [0.2, 0.25) is 5.02 Å². The van der Waals surface area contributed by atoms with Gasteiger partial charge in [0.05, 0.1) is 5.02 Å². The summed E-state index contributed by atoms with van der Waals surface area (Å²) in [5.74, 6) is -0.0156. The summed E-state index contributed by atoms with van der Waals surface area (Å²) in [6.45, 7) is 3.10. The molecule has 0 unspecified atom stereocenters. The van der Waals surface area contributed by atoms with Crippen molar-refractivity contribution < 1.29 is 9.53 Å². The highest BCUT2D eigenvalue weighted by molar-refractivity contribution is 6.32. The van der Waals surface area contributed by atoms with Gasteiger partial charge in [-0.25, -0.2) is 0 Å². The first kappa shape index (κ1) is 9.86. The Labute approximate surface area is 81.4 Å². The molecule has 0 spiro atoms. The fraction of sp³-hybridized carbons (Fsp3) is 0.222. The van der Waals surface area contributed by atoms with E-state index in [2.05, 4.69) is 0 Å². The van der Waals surface area contributed by atoms with Crippen molar-refractivity contribution in [3.05, 3.63) is 22.7 Å². The van der Waals surface area contributed by atoms with Crippen LogP contribution in [0.25, 0.3) is 0 Å². The summed E-state index contributed by atoms with van der Waals surface area (Å²) in [5, 5.41) is 0.354. The Hall–Kier alpha value is -1.22. The van der Waals surface area contributed by atoms with Crippen molar-refractivity contribution in [2.75, 3.05) is 5.73 Å². The average molecular weight is 200 g/mol. The molecule has 0 heterocycles. The average Bonchev–Trinajstić information content (AvgIpc) is 1.96. The molecule has 13 heavy (non-hydrogen) atoms. The SMILES string of the molecule is CC(=O)Oc1c(C)cc(N)cc1Cl. The Morgan fingerprint density at radius 1 is 1.54 bits per heavy atom. The Balaban J connectivity index is 3.13. The molecule has 1 rings (SSSR count). The minimum Gasteiger partial charge on any atom is -0.425 e. The van der Waals surface area contributed by atoms with E-state index in [0.29, 0.717) is 16.5 Å². The van der Waals surface area contributed by atoms with Gasteiger partial charge in [0.2, 0.25) is 0 Å². The van der Waals surface area contributed by atoms with Crippen LogP contribution in [-0.2, 0) is 4.79 Å². The molecule has 4 heteroatoms. The molecule has 1 aromatic rings. The van der Waals surface area contributed by atoms with Crippen molar-refractivity contribution in [3.8, 4) is 5.75 Å². The maximum atomic E-state index is 10.7. The van der Waals surface area contributed by atoms with Gasteiger partial charge in [0, 0.05) is 12.6 Å². The standard InChI is InChI=1S/C9H10ClNO2/c1-5-3-7(11)4-8(10)9(5)13-6(2)12/h3-4H,11H2,1-2H3. The van der Waals surface area contributed by atoms with Crippen molar-refractivity contribution >= 4 is 23.3 Å². The lowest BCUT2D eigenvalue weighted by Gasteiger charge is -2.08. The largest absolute Gasteiger partial charge is 0.425 e. The molecular weight excluding hydrogens is 190 g/mol. The summed E-state index contributed by atoms with van der Waals surface area (Å²) in [6.07, 6.45) is 0. The zero-order chi connectivity index (χ0) is 10.0. The molecule has 0 aromatic heterocycles. The van der Waals surface area contributed by atoms with Crippen LogP contribution in [0, 0.1) is 6.92 Å². The highest BCUT2D eigenvalue weighted by Crippen LogP contribution is 2.30. The predicted octanol–water partition coefficient (Wildman–Crippen LogP) is 2.16. The maximum Gasteiger partial charge on any atom is 0.308 e. The Kier molecular flexibility index (Phi) is 2.78. The number of hydrogen-bond acceptors (Lipinski definition) is 3. The molecule has 0 aliphatic heterocycles. The quantitative estimate of drug-likeness (QED) is 0.428. The summed E-state index contributed by atoms with van der Waals surface area (Å²) in [6, 6.07) is 3.25. The monoisotopic (exact) mass is 199 g/mol. The lowest BCUT2D eigenvalue weighted by molar-refractivity contribution is -0.131. The summed E-state index contributed by atoms with van der Waals surface area (Å²) in [5.41, 5.74) is 6.84. The second-order valence-electron chi connectivity index (χ2n) is 2.74. The van der Waals surface area contributed by atoms with Crippen molar-refractivity contribution in [1.29, 1.82) is 0 Å². The lowest BCUT2D eigenvalue weighted by atomic mass is 10.2. The van der Waals surface area contributed by atoms with Crippen molar-refractivity contribution in [1.82, 2.24) is 0 Å². The van der Waals surface area contributed by atoms with Crippen LogP contribution in [0.1, 0.15) is 12.5 Å². The fourth-order valence-corrected chi connectivity index (χ4v) is 1.34. The summed E-state index contributed by atoms with van der Waals surface area (Å²) in [4.78, 5) is 10.7. The van der Waals surface area contributed by atoms with Crippen LogP contribution in [0.3, 0.4) is 0 Å². The van der Waals surface area contributed by atoms with Gasteiger partial charge in [0.25, 0.3) is 0 Å². The van der Waals surface area contributed by atoms with Gasteiger partial charge in [-0.05, 0) is 24.6 Å². The van der Waals surface area contributed by atoms with Crippen LogP contribution < -0.4 is 10.5 Å². The molecule has 0 saturated heterocycles. The van der Waals surface area contributed by atoms with Crippen molar-refractivity contribution in [2.45, 2.75) is 13.8 Å². The maximum absolute atomic E-state index is 10.7. The van der Waals surface area contributed by atoms with Gasteiger partial charge in [-0.1, -0.05) is 11.6 Å². The molecule has 0 radical (unpaired) electrons. The molecule has 0 amide bonds. The highest BCUT2D eigenvalue weighted by Gasteiger charge is 2.08. The molecule has 1 aromatic carbocycles. The first-order valence-corrected chi connectivity index (χ1v) is 4.12. The molecule has 70 valence electrons. The zero-order valence-electron chi connectivity index (χ0n) is 7.43. The lowest BCUT2D eigenvalue weighted by Crippen LogP contribution is -2.03. The number of esters is 1. The van der Waals surface area contributed by atoms with E-state index in [9.17, 15) is 4.79 Å². The normalized spacial score (nSPS) is 9.77. The van der Waals surface area contributed by atoms with Gasteiger partial charge in [-0.2, -0.15) is 0 Å². The number of nitrogen functional groups attached to an aromatic ring is 1. The van der Waals surface area contributed by atoms with Gasteiger partial charge in [0.1, 0.15) is 0 Å². The Morgan fingerprint density at radius 2 is 2.15 bits per heavy atom. The minimum absolute atomic E-state index is 0.354. The molecule has 0 saturated carbocycles. The number of benzene rings is 1. The molecule has 0 aliphatic carbocycles. The summed E-state index contributed by atoms with van der Waals surface area (Å²) < 4.78 is 4.90. The summed E-state index contributed by atoms with van der Waals surface area (Å²) >= 11 is 5.82. The van der Waals surface area contributed by atoms with Crippen LogP contribution >= 0.6 is 11.6 Å². The number of carbonyl (C=O) groups excluding carboxylic acids is 1. The third-order valence-electron chi connectivity index (χ3n) is 1.50. The zero-order valence-corrected chi connectivity index (χ0v) is 8.18. The third-order valence-corrected chi connectivity index (χ3v) is 1.78. The number of halogens is 1. The van der Waals surface area contributed by atoms with E-state index in [1.165, 1.54) is 6.92 Å². The van der Waals surface area contributed by atoms with E-state index in [1.54, 1.807) is 19.1 Å². The van der Waals surface area contributed by atoms with Crippen LogP contribution in [0.5, 0.6) is 5.75 Å². The van der Waals surface area contributed by atoms with E-state index in [-0.39, 0.29) is 0 Å². The Bertz CT molecular complexity index is 326. The van der Waals surface area contributed by atoms with Gasteiger partial charge in [0.15, 0.2) is 5.75 Å². The Morgan fingerprint density at radius 3 is 2.62 bits per heavy atom. The van der Waals surface area contributed by atoms with Gasteiger partial charge in [-0.3, -0.25) is 4.79 Å². The number of ether oxygens (including phenoxy) is 1. The van der Waals surface area contributed by atoms with E-state index in [0.717, 1.165) is 5.56 Å².